The van der Waals surface area contributed by atoms with Crippen LogP contribution in [0.15, 0.2) is 45.6 Å². The number of aliphatic imine (C=N–C) groups is 1. The Labute approximate surface area is 185 Å². The molecule has 2 aromatic rings. The Bertz CT molecular complexity index is 890. The van der Waals surface area contributed by atoms with E-state index in [-0.39, 0.29) is 40.1 Å². The van der Waals surface area contributed by atoms with Crippen molar-refractivity contribution >= 4 is 51.3 Å². The van der Waals surface area contributed by atoms with Gasteiger partial charge >= 0.3 is 0 Å². The normalized spacial score (nSPS) is 12.8. The van der Waals surface area contributed by atoms with Gasteiger partial charge in [-0.25, -0.2) is 22.9 Å². The van der Waals surface area contributed by atoms with Crippen LogP contribution in [0.2, 0.25) is 0 Å². The second-order valence-electron chi connectivity index (χ2n) is 5.73. The van der Waals surface area contributed by atoms with Gasteiger partial charge in [-0.1, -0.05) is 6.07 Å². The van der Waals surface area contributed by atoms with Crippen LogP contribution in [0.1, 0.15) is 18.7 Å². The SMILES string of the molecule is CCNC(=NCc1ccc(S(N)(=O)=O)s1)NCC(C)Oc1cccc(F)c1.I. The van der Waals surface area contributed by atoms with Crippen molar-refractivity contribution in [2.24, 2.45) is 10.1 Å². The van der Waals surface area contributed by atoms with E-state index in [0.29, 0.717) is 31.3 Å². The molecule has 1 unspecified atom stereocenters. The zero-order valence-corrected chi connectivity index (χ0v) is 19.5. The van der Waals surface area contributed by atoms with E-state index in [1.54, 1.807) is 18.2 Å². The molecule has 0 aliphatic rings. The molecule has 156 valence electrons. The van der Waals surface area contributed by atoms with Crippen LogP contribution in [-0.4, -0.2) is 33.6 Å². The monoisotopic (exact) mass is 542 g/mol. The lowest BCUT2D eigenvalue weighted by Crippen LogP contribution is -2.41. The molecule has 1 heterocycles. The van der Waals surface area contributed by atoms with Gasteiger partial charge in [0, 0.05) is 17.5 Å². The van der Waals surface area contributed by atoms with Gasteiger partial charge in [0.15, 0.2) is 5.96 Å². The average Bonchev–Trinajstić information content (AvgIpc) is 3.07. The molecule has 0 aliphatic carbocycles. The van der Waals surface area contributed by atoms with Gasteiger partial charge in [0.05, 0.1) is 13.1 Å². The molecule has 0 saturated carbocycles. The molecule has 0 fully saturated rings. The molecule has 4 N–H and O–H groups in total. The standard InChI is InChI=1S/C17H23FN4O3S2.HI/c1-3-20-17(22-11-15-7-8-16(26-15)27(19,23)24)21-10-12(2)25-14-6-4-5-13(18)9-14;/h4-9,12H,3,10-11H2,1-2H3,(H2,19,23,24)(H2,20,21,22);1H. The third-order valence-electron chi connectivity index (χ3n) is 3.34. The maximum Gasteiger partial charge on any atom is 0.247 e. The highest BCUT2D eigenvalue weighted by Gasteiger charge is 2.11. The van der Waals surface area contributed by atoms with Gasteiger partial charge in [0.1, 0.15) is 21.9 Å². The Morgan fingerprint density at radius 3 is 2.68 bits per heavy atom. The number of thiophene rings is 1. The summed E-state index contributed by atoms with van der Waals surface area (Å²) in [6.07, 6.45) is -0.216. The molecule has 0 saturated heterocycles. The number of nitrogens with two attached hydrogens (primary N) is 1. The topological polar surface area (TPSA) is 106 Å². The summed E-state index contributed by atoms with van der Waals surface area (Å²) in [4.78, 5) is 5.20. The molecule has 1 aromatic carbocycles. The molecule has 1 aromatic heterocycles. The summed E-state index contributed by atoms with van der Waals surface area (Å²) in [6, 6.07) is 9.13. The van der Waals surface area contributed by atoms with Gasteiger partial charge in [-0.15, -0.1) is 35.3 Å². The van der Waals surface area contributed by atoms with Crippen molar-refractivity contribution in [1.29, 1.82) is 0 Å². The number of halogens is 2. The van der Waals surface area contributed by atoms with Crippen molar-refractivity contribution in [3.05, 3.63) is 47.1 Å². The first-order chi connectivity index (χ1) is 12.8. The first-order valence-corrected chi connectivity index (χ1v) is 10.7. The molecule has 0 aliphatic heterocycles. The van der Waals surface area contributed by atoms with Crippen LogP contribution >= 0.6 is 35.3 Å². The quantitative estimate of drug-likeness (QED) is 0.270. The molecule has 11 heteroatoms. The predicted octanol–water partition coefficient (Wildman–Crippen LogP) is 2.68. The highest BCUT2D eigenvalue weighted by molar-refractivity contribution is 14.0. The van der Waals surface area contributed by atoms with E-state index in [2.05, 4.69) is 15.6 Å². The minimum Gasteiger partial charge on any atom is -0.489 e. The number of nitrogens with zero attached hydrogens (tertiary/aromatic N) is 1. The molecule has 0 radical (unpaired) electrons. The fourth-order valence-corrected chi connectivity index (χ4v) is 3.85. The number of hydrogen-bond donors (Lipinski definition) is 3. The van der Waals surface area contributed by atoms with E-state index in [1.807, 2.05) is 13.8 Å². The highest BCUT2D eigenvalue weighted by atomic mass is 127. The number of nitrogens with one attached hydrogen (secondary N) is 2. The minimum absolute atomic E-state index is 0. The van der Waals surface area contributed by atoms with E-state index in [4.69, 9.17) is 9.88 Å². The lowest BCUT2D eigenvalue weighted by Gasteiger charge is -2.17. The molecular weight excluding hydrogens is 518 g/mol. The van der Waals surface area contributed by atoms with Gasteiger partial charge in [-0.3, -0.25) is 0 Å². The molecule has 0 amide bonds. The van der Waals surface area contributed by atoms with Gasteiger partial charge < -0.3 is 15.4 Å². The fourth-order valence-electron chi connectivity index (χ4n) is 2.15. The van der Waals surface area contributed by atoms with Crippen LogP contribution in [0, 0.1) is 5.82 Å². The van der Waals surface area contributed by atoms with E-state index in [0.717, 1.165) is 16.2 Å². The van der Waals surface area contributed by atoms with Gasteiger partial charge in [0.2, 0.25) is 10.0 Å². The molecule has 1 atom stereocenters. The average molecular weight is 542 g/mol. The summed E-state index contributed by atoms with van der Waals surface area (Å²) in [5.74, 6) is 0.676. The van der Waals surface area contributed by atoms with E-state index in [1.165, 1.54) is 18.2 Å². The highest BCUT2D eigenvalue weighted by Crippen LogP contribution is 2.20. The van der Waals surface area contributed by atoms with Crippen molar-refractivity contribution < 1.29 is 17.5 Å². The number of guanidine groups is 1. The number of rotatable bonds is 8. The number of benzene rings is 1. The zero-order valence-electron chi connectivity index (χ0n) is 15.5. The first-order valence-electron chi connectivity index (χ1n) is 8.34. The third kappa shape index (κ3) is 8.29. The molecule has 0 spiro atoms. The third-order valence-corrected chi connectivity index (χ3v) is 5.85. The predicted molar refractivity (Wildman–Crippen MR) is 120 cm³/mol. The van der Waals surface area contributed by atoms with Crippen LogP contribution in [0.4, 0.5) is 4.39 Å². The number of sulfonamides is 1. The number of ether oxygens (including phenoxy) is 1. The molecule has 28 heavy (non-hydrogen) atoms. The number of hydrogen-bond acceptors (Lipinski definition) is 5. The van der Waals surface area contributed by atoms with Crippen molar-refractivity contribution in [2.75, 3.05) is 13.1 Å². The first kappa shape index (κ1) is 24.6. The van der Waals surface area contributed by atoms with Crippen LogP contribution in [0.5, 0.6) is 5.75 Å². The minimum atomic E-state index is -3.69. The Balaban J connectivity index is 0.00000392. The van der Waals surface area contributed by atoms with Gasteiger partial charge in [0.25, 0.3) is 0 Å². The smallest absolute Gasteiger partial charge is 0.247 e. The maximum absolute atomic E-state index is 13.2. The van der Waals surface area contributed by atoms with Crippen LogP contribution in [-0.2, 0) is 16.6 Å². The van der Waals surface area contributed by atoms with Gasteiger partial charge in [-0.05, 0) is 38.1 Å². The zero-order chi connectivity index (χ0) is 19.9. The van der Waals surface area contributed by atoms with Crippen LogP contribution in [0.3, 0.4) is 0 Å². The van der Waals surface area contributed by atoms with Crippen molar-refractivity contribution in [2.45, 2.75) is 30.7 Å². The molecular formula is C17H24FIN4O3S2. The Morgan fingerprint density at radius 1 is 1.32 bits per heavy atom. The summed E-state index contributed by atoms with van der Waals surface area (Å²) in [5.41, 5.74) is 0. The molecule has 2 rings (SSSR count). The summed E-state index contributed by atoms with van der Waals surface area (Å²) >= 11 is 1.09. The second-order valence-corrected chi connectivity index (χ2v) is 8.68. The Hall–Kier alpha value is -1.44. The largest absolute Gasteiger partial charge is 0.489 e. The maximum atomic E-state index is 13.2. The van der Waals surface area contributed by atoms with Crippen molar-refractivity contribution in [3.8, 4) is 5.75 Å². The lowest BCUT2D eigenvalue weighted by atomic mass is 10.3. The van der Waals surface area contributed by atoms with Crippen molar-refractivity contribution in [3.63, 3.8) is 0 Å². The second kappa shape index (κ2) is 11.5. The fraction of sp³-hybridized carbons (Fsp3) is 0.353. The van der Waals surface area contributed by atoms with Crippen molar-refractivity contribution in [1.82, 2.24) is 10.6 Å². The number of primary sulfonamides is 1. The molecule has 7 nitrogen and oxygen atoms in total. The van der Waals surface area contributed by atoms with E-state index < -0.39 is 10.0 Å². The van der Waals surface area contributed by atoms with E-state index in [9.17, 15) is 12.8 Å². The Kier molecular flexibility index (Phi) is 10.1. The van der Waals surface area contributed by atoms with Gasteiger partial charge in [-0.2, -0.15) is 0 Å². The summed E-state index contributed by atoms with van der Waals surface area (Å²) < 4.78 is 41.6. The summed E-state index contributed by atoms with van der Waals surface area (Å²) in [5, 5.41) is 11.4. The lowest BCUT2D eigenvalue weighted by molar-refractivity contribution is 0.223. The van der Waals surface area contributed by atoms with Crippen LogP contribution < -0.4 is 20.5 Å². The van der Waals surface area contributed by atoms with Crippen LogP contribution in [0.25, 0.3) is 0 Å². The van der Waals surface area contributed by atoms with E-state index >= 15 is 0 Å². The summed E-state index contributed by atoms with van der Waals surface area (Å²) in [6.45, 7) is 5.23. The summed E-state index contributed by atoms with van der Waals surface area (Å²) in [7, 11) is -3.69. The Morgan fingerprint density at radius 2 is 2.07 bits per heavy atom. The molecule has 0 bridgehead atoms.